The van der Waals surface area contributed by atoms with Crippen LogP contribution in [0.4, 0.5) is 0 Å². The molecule has 8 heteroatoms. The molecule has 7 rings (SSSR count). The molecule has 204 valence electrons. The van der Waals surface area contributed by atoms with Crippen molar-refractivity contribution in [3.05, 3.63) is 120 Å². The summed E-state index contributed by atoms with van der Waals surface area (Å²) >= 11 is 18.9. The van der Waals surface area contributed by atoms with Gasteiger partial charge in [0.25, 0.3) is 0 Å². The van der Waals surface area contributed by atoms with Gasteiger partial charge < -0.3 is 0 Å². The fourth-order valence-corrected chi connectivity index (χ4v) is 10.3. The smallest absolute Gasteiger partial charge is 0.140 e. The molecule has 0 amide bonds. The Kier molecular flexibility index (Phi) is 8.31. The van der Waals surface area contributed by atoms with E-state index in [1.165, 1.54) is 58.4 Å². The molecule has 0 fully saturated rings. The highest BCUT2D eigenvalue weighted by Crippen LogP contribution is 2.47. The van der Waals surface area contributed by atoms with Crippen molar-refractivity contribution >= 4 is 106 Å². The number of rotatable bonds is 6. The van der Waals surface area contributed by atoms with Gasteiger partial charge in [0.2, 0.25) is 0 Å². The van der Waals surface area contributed by atoms with E-state index in [2.05, 4.69) is 162 Å². The molecule has 3 aromatic carbocycles. The van der Waals surface area contributed by atoms with E-state index in [0.717, 1.165) is 24.5 Å². The first kappa shape index (κ1) is 28.7. The highest BCUT2D eigenvalue weighted by molar-refractivity contribution is 9.11. The van der Waals surface area contributed by atoms with Gasteiger partial charge in [-0.25, -0.2) is 0 Å². The number of thiophene rings is 4. The maximum absolute atomic E-state index is 3.96. The molecular weight excluding hydrogens is 787 g/mol. The van der Waals surface area contributed by atoms with Gasteiger partial charge in [-0.1, -0.05) is 83.6 Å². The second-order valence-corrected chi connectivity index (χ2v) is 16.2. The number of hydrogen-bond donors (Lipinski definition) is 0. The average molecular weight is 807 g/mol. The van der Waals surface area contributed by atoms with Gasteiger partial charge in [-0.3, -0.25) is 0 Å². The van der Waals surface area contributed by atoms with E-state index in [-0.39, 0.29) is 0 Å². The number of halogens is 3. The minimum atomic E-state index is 1.05. The molecular formula is C34H20BBr3S4. The molecule has 0 unspecified atom stereocenters. The topological polar surface area (TPSA) is 0 Å². The van der Waals surface area contributed by atoms with Crippen LogP contribution in [0.25, 0.3) is 64.0 Å². The summed E-state index contributed by atoms with van der Waals surface area (Å²) in [4.78, 5) is 5.10. The van der Waals surface area contributed by atoms with E-state index in [4.69, 9.17) is 0 Å². The van der Waals surface area contributed by atoms with Crippen molar-refractivity contribution in [2.24, 2.45) is 0 Å². The predicted octanol–water partition coefficient (Wildman–Crippen LogP) is 12.5. The SMILES string of the molecule is Bc1cc(-c2cccs2)c(-c2cccs2)cc1-c1cc(-c2cc(-c3cccs3)c(-c3cccs3)cc2Br)c(Br)cc1Br. The molecule has 7 aromatic rings. The second-order valence-electron chi connectivity index (χ2n) is 9.81. The normalized spacial score (nSPS) is 11.3. The molecule has 0 atom stereocenters. The zero-order chi connectivity index (χ0) is 28.8. The van der Waals surface area contributed by atoms with Crippen LogP contribution in [-0.4, -0.2) is 7.85 Å². The van der Waals surface area contributed by atoms with Crippen molar-refractivity contribution in [1.29, 1.82) is 0 Å². The summed E-state index contributed by atoms with van der Waals surface area (Å²) in [7, 11) is 2.22. The highest BCUT2D eigenvalue weighted by atomic mass is 79.9. The standard InChI is InChI=1S/C34H20BBr3S4/c35-27-16-25(33-7-3-11-41-33)23(31-5-1-9-39-31)13-19(27)20-14-21(30(38)18-29(20)37)22-15-24(32-6-2-10-40-32)26(17-28(22)36)34-8-4-12-42-34/h1-18H,35H2. The molecule has 0 radical (unpaired) electrons. The molecule has 0 saturated heterocycles. The monoisotopic (exact) mass is 804 g/mol. The summed E-state index contributed by atoms with van der Waals surface area (Å²) < 4.78 is 3.18. The van der Waals surface area contributed by atoms with Gasteiger partial charge in [-0.2, -0.15) is 0 Å². The first-order chi connectivity index (χ1) is 20.5. The van der Waals surface area contributed by atoms with Crippen LogP contribution in [0.5, 0.6) is 0 Å². The minimum Gasteiger partial charge on any atom is -0.144 e. The third kappa shape index (κ3) is 5.41. The summed E-state index contributed by atoms with van der Waals surface area (Å²) in [6, 6.07) is 31.2. The van der Waals surface area contributed by atoms with Crippen molar-refractivity contribution in [2.45, 2.75) is 0 Å². The number of hydrogen-bond acceptors (Lipinski definition) is 4. The van der Waals surface area contributed by atoms with Gasteiger partial charge in [0, 0.05) is 49.6 Å². The van der Waals surface area contributed by atoms with Crippen LogP contribution in [0, 0.1) is 0 Å². The van der Waals surface area contributed by atoms with Crippen molar-refractivity contribution in [1.82, 2.24) is 0 Å². The van der Waals surface area contributed by atoms with Crippen LogP contribution in [-0.2, 0) is 0 Å². The third-order valence-corrected chi connectivity index (χ3v) is 12.8. The molecule has 0 N–H and O–H groups in total. The lowest BCUT2D eigenvalue weighted by atomic mass is 9.82. The Labute approximate surface area is 287 Å². The quantitative estimate of drug-likeness (QED) is 0.147. The molecule has 0 bridgehead atoms. The van der Waals surface area contributed by atoms with Gasteiger partial charge in [0.1, 0.15) is 7.85 Å². The Morgan fingerprint density at radius 3 is 1.14 bits per heavy atom. The molecule has 42 heavy (non-hydrogen) atoms. The number of benzene rings is 3. The molecule has 0 aliphatic rings. The molecule has 0 aliphatic carbocycles. The van der Waals surface area contributed by atoms with Crippen LogP contribution in [0.3, 0.4) is 0 Å². The first-order valence-electron chi connectivity index (χ1n) is 13.1. The minimum absolute atomic E-state index is 1.05. The average Bonchev–Trinajstić information content (AvgIpc) is 3.82. The molecule has 0 nitrogen and oxygen atoms in total. The highest BCUT2D eigenvalue weighted by Gasteiger charge is 2.20. The van der Waals surface area contributed by atoms with E-state index >= 15 is 0 Å². The Morgan fingerprint density at radius 1 is 0.381 bits per heavy atom. The second kappa shape index (κ2) is 12.2. The summed E-state index contributed by atoms with van der Waals surface area (Å²) in [5, 5.41) is 8.60. The largest absolute Gasteiger partial charge is 0.144 e. The third-order valence-electron chi connectivity index (χ3n) is 7.26. The van der Waals surface area contributed by atoms with Crippen LogP contribution in [0.15, 0.2) is 120 Å². The lowest BCUT2D eigenvalue weighted by Gasteiger charge is -2.18. The van der Waals surface area contributed by atoms with Crippen LogP contribution in [0.1, 0.15) is 0 Å². The molecule has 4 aromatic heterocycles. The van der Waals surface area contributed by atoms with E-state index in [9.17, 15) is 0 Å². The lowest BCUT2D eigenvalue weighted by molar-refractivity contribution is 1.52. The van der Waals surface area contributed by atoms with Crippen molar-refractivity contribution in [3.63, 3.8) is 0 Å². The summed E-state index contributed by atoms with van der Waals surface area (Å²) in [6.07, 6.45) is 0. The zero-order valence-electron chi connectivity index (χ0n) is 22.2. The van der Waals surface area contributed by atoms with Crippen LogP contribution in [0.2, 0.25) is 0 Å². The fourth-order valence-electron chi connectivity index (χ4n) is 5.28. The summed E-state index contributed by atoms with van der Waals surface area (Å²) in [6.45, 7) is 0. The van der Waals surface area contributed by atoms with E-state index in [0.29, 0.717) is 0 Å². The lowest BCUT2D eigenvalue weighted by Crippen LogP contribution is -2.08. The zero-order valence-corrected chi connectivity index (χ0v) is 30.2. The van der Waals surface area contributed by atoms with E-state index in [1.54, 1.807) is 45.3 Å². The Bertz CT molecular complexity index is 1870. The molecule has 0 aliphatic heterocycles. The Hall–Kier alpha value is -2.04. The Morgan fingerprint density at radius 2 is 0.714 bits per heavy atom. The predicted molar refractivity (Wildman–Crippen MR) is 202 cm³/mol. The van der Waals surface area contributed by atoms with Crippen molar-refractivity contribution in [2.75, 3.05) is 0 Å². The van der Waals surface area contributed by atoms with Gasteiger partial charge >= 0.3 is 0 Å². The maximum atomic E-state index is 3.96. The van der Waals surface area contributed by atoms with Crippen LogP contribution < -0.4 is 5.46 Å². The Balaban J connectivity index is 1.43. The fraction of sp³-hybridized carbons (Fsp3) is 0. The van der Waals surface area contributed by atoms with Crippen molar-refractivity contribution in [3.8, 4) is 64.0 Å². The maximum Gasteiger partial charge on any atom is 0.140 e. The van der Waals surface area contributed by atoms with Gasteiger partial charge in [-0.05, 0) is 104 Å². The summed E-state index contributed by atoms with van der Waals surface area (Å²) in [5.74, 6) is 0. The molecule has 0 spiro atoms. The van der Waals surface area contributed by atoms with Crippen molar-refractivity contribution < 1.29 is 0 Å². The summed E-state index contributed by atoms with van der Waals surface area (Å²) in [5.41, 5.74) is 11.0. The van der Waals surface area contributed by atoms with E-state index < -0.39 is 0 Å². The first-order valence-corrected chi connectivity index (χ1v) is 19.0. The van der Waals surface area contributed by atoms with Gasteiger partial charge in [-0.15, -0.1) is 45.3 Å². The molecule has 0 saturated carbocycles. The van der Waals surface area contributed by atoms with Gasteiger partial charge in [0.15, 0.2) is 0 Å². The van der Waals surface area contributed by atoms with Crippen LogP contribution >= 0.6 is 93.1 Å². The van der Waals surface area contributed by atoms with E-state index in [1.807, 2.05) is 0 Å². The molecule has 4 heterocycles. The van der Waals surface area contributed by atoms with Gasteiger partial charge in [0.05, 0.1) is 0 Å².